The molecule has 1 aromatic rings. The van der Waals surface area contributed by atoms with Crippen LogP contribution in [0.3, 0.4) is 0 Å². The van der Waals surface area contributed by atoms with E-state index < -0.39 is 0 Å². The third-order valence-electron chi connectivity index (χ3n) is 3.20. The summed E-state index contributed by atoms with van der Waals surface area (Å²) in [5, 5.41) is 3.27. The molecule has 0 aliphatic heterocycles. The van der Waals surface area contributed by atoms with Gasteiger partial charge in [-0.3, -0.25) is 4.98 Å². The zero-order chi connectivity index (χ0) is 14.3. The summed E-state index contributed by atoms with van der Waals surface area (Å²) in [6, 6.07) is 4.56. The summed E-state index contributed by atoms with van der Waals surface area (Å²) in [4.78, 5) is 6.71. The Kier molecular flexibility index (Phi) is 6.81. The summed E-state index contributed by atoms with van der Waals surface area (Å²) in [5.41, 5.74) is 2.22. The van der Waals surface area contributed by atoms with E-state index in [1.165, 1.54) is 0 Å². The second-order valence-electron chi connectivity index (χ2n) is 5.03. The maximum atomic E-state index is 5.56. The van der Waals surface area contributed by atoms with Gasteiger partial charge in [0.05, 0.1) is 30.3 Å². The molecule has 1 unspecified atom stereocenters. The van der Waals surface area contributed by atoms with Crippen LogP contribution in [0.15, 0.2) is 18.3 Å². The third-order valence-corrected chi connectivity index (χ3v) is 3.20. The van der Waals surface area contributed by atoms with E-state index in [1.54, 1.807) is 0 Å². The van der Waals surface area contributed by atoms with Gasteiger partial charge in [0.2, 0.25) is 0 Å². The Morgan fingerprint density at radius 2 is 2.11 bits per heavy atom. The molecule has 4 heteroatoms. The molecule has 1 heterocycles. The first-order valence-electron chi connectivity index (χ1n) is 7.04. The van der Waals surface area contributed by atoms with E-state index in [9.17, 15) is 0 Å². The van der Waals surface area contributed by atoms with Gasteiger partial charge in [-0.1, -0.05) is 6.92 Å². The molecule has 1 aromatic heterocycles. The van der Waals surface area contributed by atoms with Crippen molar-refractivity contribution in [3.63, 3.8) is 0 Å². The lowest BCUT2D eigenvalue weighted by molar-refractivity contribution is 0.0846. The minimum Gasteiger partial charge on any atom is -0.377 e. The Hall–Kier alpha value is -1.13. The van der Waals surface area contributed by atoms with Gasteiger partial charge in [-0.05, 0) is 39.4 Å². The molecule has 1 rings (SSSR count). The first kappa shape index (κ1) is 15.9. The van der Waals surface area contributed by atoms with Gasteiger partial charge in [-0.2, -0.15) is 0 Å². The normalized spacial score (nSPS) is 12.7. The quantitative estimate of drug-likeness (QED) is 0.784. The Bertz CT molecular complexity index is 347. The minimum absolute atomic E-state index is 0.287. The largest absolute Gasteiger partial charge is 0.377 e. The predicted molar refractivity (Wildman–Crippen MR) is 80.7 cm³/mol. The Morgan fingerprint density at radius 3 is 2.58 bits per heavy atom. The van der Waals surface area contributed by atoms with Crippen LogP contribution in [0.2, 0.25) is 0 Å². The summed E-state index contributed by atoms with van der Waals surface area (Å²) in [5.74, 6) is 0. The van der Waals surface area contributed by atoms with Gasteiger partial charge in [0.15, 0.2) is 0 Å². The van der Waals surface area contributed by atoms with Crippen LogP contribution in [0.1, 0.15) is 38.9 Å². The van der Waals surface area contributed by atoms with Gasteiger partial charge in [0.1, 0.15) is 0 Å². The SMILES string of the molecule is CCC(NC)c1ccc(N(C)CCOC(C)C)cn1. The molecule has 1 atom stereocenters. The van der Waals surface area contributed by atoms with Crippen molar-refractivity contribution in [1.29, 1.82) is 0 Å². The number of anilines is 1. The van der Waals surface area contributed by atoms with Crippen LogP contribution in [0, 0.1) is 0 Å². The number of likely N-dealkylation sites (N-methyl/N-ethyl adjacent to an activating group) is 1. The smallest absolute Gasteiger partial charge is 0.0644 e. The van der Waals surface area contributed by atoms with E-state index in [4.69, 9.17) is 4.74 Å². The number of nitrogens with zero attached hydrogens (tertiary/aromatic N) is 2. The van der Waals surface area contributed by atoms with Crippen LogP contribution in [-0.2, 0) is 4.74 Å². The molecule has 1 N–H and O–H groups in total. The van der Waals surface area contributed by atoms with Crippen molar-refractivity contribution >= 4 is 5.69 Å². The first-order chi connectivity index (χ1) is 9.08. The fourth-order valence-electron chi connectivity index (χ4n) is 1.95. The summed E-state index contributed by atoms with van der Waals surface area (Å²) < 4.78 is 5.56. The van der Waals surface area contributed by atoms with Crippen LogP contribution in [0.5, 0.6) is 0 Å². The minimum atomic E-state index is 0.287. The van der Waals surface area contributed by atoms with Crippen LogP contribution >= 0.6 is 0 Å². The molecular weight excluding hydrogens is 238 g/mol. The van der Waals surface area contributed by atoms with Gasteiger partial charge >= 0.3 is 0 Å². The topological polar surface area (TPSA) is 37.4 Å². The molecule has 108 valence electrons. The highest BCUT2D eigenvalue weighted by Gasteiger charge is 2.08. The van der Waals surface area contributed by atoms with E-state index >= 15 is 0 Å². The molecule has 0 aliphatic rings. The second kappa shape index (κ2) is 8.12. The van der Waals surface area contributed by atoms with Crippen molar-refractivity contribution in [2.24, 2.45) is 0 Å². The number of nitrogens with one attached hydrogen (secondary N) is 1. The third kappa shape index (κ3) is 5.17. The molecule has 0 fully saturated rings. The van der Waals surface area contributed by atoms with Gasteiger partial charge in [-0.25, -0.2) is 0 Å². The highest BCUT2D eigenvalue weighted by atomic mass is 16.5. The van der Waals surface area contributed by atoms with Crippen molar-refractivity contribution in [1.82, 2.24) is 10.3 Å². The molecule has 0 spiro atoms. The summed E-state index contributed by atoms with van der Waals surface area (Å²) in [6.07, 6.45) is 3.26. The molecule has 4 nitrogen and oxygen atoms in total. The van der Waals surface area contributed by atoms with Gasteiger partial charge in [-0.15, -0.1) is 0 Å². The fourth-order valence-corrected chi connectivity index (χ4v) is 1.95. The van der Waals surface area contributed by atoms with Crippen molar-refractivity contribution in [2.45, 2.75) is 39.3 Å². The molecule has 0 radical (unpaired) electrons. The molecule has 0 bridgehead atoms. The molecule has 0 amide bonds. The standard InChI is InChI=1S/C15H27N3O/c1-6-14(16-4)15-8-7-13(11-17-15)18(5)9-10-19-12(2)3/h7-8,11-12,14,16H,6,9-10H2,1-5H3. The van der Waals surface area contributed by atoms with Crippen LogP contribution in [-0.4, -0.2) is 38.3 Å². The number of rotatable bonds is 8. The lowest BCUT2D eigenvalue weighted by atomic mass is 10.1. The number of hydrogen-bond acceptors (Lipinski definition) is 4. The number of pyridine rings is 1. The molecule has 0 saturated heterocycles. The Balaban J connectivity index is 2.55. The number of hydrogen-bond donors (Lipinski definition) is 1. The van der Waals surface area contributed by atoms with Crippen LogP contribution in [0.4, 0.5) is 5.69 Å². The molecule has 0 aromatic carbocycles. The average molecular weight is 265 g/mol. The highest BCUT2D eigenvalue weighted by molar-refractivity contribution is 5.43. The zero-order valence-corrected chi connectivity index (χ0v) is 12.8. The van der Waals surface area contributed by atoms with E-state index in [-0.39, 0.29) is 6.10 Å². The van der Waals surface area contributed by atoms with Crippen molar-refractivity contribution in [3.05, 3.63) is 24.0 Å². The Morgan fingerprint density at radius 1 is 1.37 bits per heavy atom. The molecule has 0 aliphatic carbocycles. The fraction of sp³-hybridized carbons (Fsp3) is 0.667. The maximum absolute atomic E-state index is 5.56. The van der Waals surface area contributed by atoms with Crippen LogP contribution < -0.4 is 10.2 Å². The van der Waals surface area contributed by atoms with Gasteiger partial charge in [0.25, 0.3) is 0 Å². The maximum Gasteiger partial charge on any atom is 0.0644 e. The first-order valence-corrected chi connectivity index (χ1v) is 7.04. The van der Waals surface area contributed by atoms with Crippen molar-refractivity contribution in [2.75, 3.05) is 32.1 Å². The van der Waals surface area contributed by atoms with Crippen molar-refractivity contribution < 1.29 is 4.74 Å². The number of ether oxygens (including phenoxy) is 1. The van der Waals surface area contributed by atoms with Gasteiger partial charge in [0, 0.05) is 19.6 Å². The summed E-state index contributed by atoms with van der Waals surface area (Å²) in [7, 11) is 4.04. The average Bonchev–Trinajstić information content (AvgIpc) is 2.40. The Labute approximate surface area is 117 Å². The molecule has 19 heavy (non-hydrogen) atoms. The lowest BCUT2D eigenvalue weighted by Crippen LogP contribution is -2.24. The predicted octanol–water partition coefficient (Wildman–Crippen LogP) is 2.61. The van der Waals surface area contributed by atoms with E-state index in [2.05, 4.69) is 55.2 Å². The number of aromatic nitrogens is 1. The summed E-state index contributed by atoms with van der Waals surface area (Å²) in [6.45, 7) is 7.89. The summed E-state index contributed by atoms with van der Waals surface area (Å²) >= 11 is 0. The van der Waals surface area contributed by atoms with Gasteiger partial charge < -0.3 is 15.0 Å². The van der Waals surface area contributed by atoms with E-state index in [1.807, 2.05) is 13.2 Å². The lowest BCUT2D eigenvalue weighted by Gasteiger charge is -2.21. The monoisotopic (exact) mass is 265 g/mol. The zero-order valence-electron chi connectivity index (χ0n) is 12.8. The van der Waals surface area contributed by atoms with Crippen LogP contribution in [0.25, 0.3) is 0 Å². The second-order valence-corrected chi connectivity index (χ2v) is 5.03. The van der Waals surface area contributed by atoms with E-state index in [0.29, 0.717) is 6.04 Å². The van der Waals surface area contributed by atoms with E-state index in [0.717, 1.165) is 31.0 Å². The highest BCUT2D eigenvalue weighted by Crippen LogP contribution is 2.17. The molecular formula is C15H27N3O. The molecule has 0 saturated carbocycles. The van der Waals surface area contributed by atoms with Crippen molar-refractivity contribution in [3.8, 4) is 0 Å².